The summed E-state index contributed by atoms with van der Waals surface area (Å²) in [7, 11) is 1.53. The Balaban J connectivity index is 1.79. The van der Waals surface area contributed by atoms with Crippen molar-refractivity contribution >= 4 is 11.9 Å². The zero-order chi connectivity index (χ0) is 28.6. The molecule has 0 unspecified atom stereocenters. The van der Waals surface area contributed by atoms with E-state index in [0.29, 0.717) is 34.9 Å². The number of aliphatic carboxylic acids is 1. The van der Waals surface area contributed by atoms with Gasteiger partial charge in [0.2, 0.25) is 0 Å². The topological polar surface area (TPSA) is 103 Å². The molecule has 40 heavy (non-hydrogen) atoms. The van der Waals surface area contributed by atoms with Gasteiger partial charge in [-0.05, 0) is 54.3 Å². The van der Waals surface area contributed by atoms with Crippen molar-refractivity contribution < 1.29 is 28.6 Å². The van der Waals surface area contributed by atoms with Crippen LogP contribution in [0.1, 0.15) is 42.7 Å². The summed E-state index contributed by atoms with van der Waals surface area (Å²) >= 11 is 0. The second-order valence-corrected chi connectivity index (χ2v) is 9.81. The highest BCUT2D eigenvalue weighted by Gasteiger charge is 2.25. The third-order valence-corrected chi connectivity index (χ3v) is 6.21. The minimum Gasteiger partial charge on any atom is -0.496 e. The van der Waals surface area contributed by atoms with E-state index < -0.39 is 23.7 Å². The molecule has 0 radical (unpaired) electrons. The Labute approximate surface area is 232 Å². The van der Waals surface area contributed by atoms with Crippen LogP contribution in [-0.2, 0) is 11.4 Å². The van der Waals surface area contributed by atoms with Gasteiger partial charge in [0.15, 0.2) is 5.69 Å². The number of rotatable bonds is 12. The van der Waals surface area contributed by atoms with E-state index >= 15 is 0 Å². The lowest BCUT2D eigenvalue weighted by Gasteiger charge is -2.18. The Morgan fingerprint density at radius 1 is 1.00 bits per heavy atom. The number of carboxylic acid groups (broad SMARTS) is 1. The van der Waals surface area contributed by atoms with Crippen molar-refractivity contribution in [3.05, 3.63) is 95.9 Å². The summed E-state index contributed by atoms with van der Waals surface area (Å²) in [6.45, 7) is 4.20. The first-order valence-electron chi connectivity index (χ1n) is 13.0. The van der Waals surface area contributed by atoms with Gasteiger partial charge in [0, 0.05) is 6.04 Å². The van der Waals surface area contributed by atoms with Gasteiger partial charge in [0.25, 0.3) is 5.91 Å². The van der Waals surface area contributed by atoms with Crippen LogP contribution in [0.25, 0.3) is 16.9 Å². The second-order valence-electron chi connectivity index (χ2n) is 9.81. The van der Waals surface area contributed by atoms with E-state index in [9.17, 15) is 19.1 Å². The molecule has 0 aliphatic heterocycles. The van der Waals surface area contributed by atoms with Crippen molar-refractivity contribution in [2.45, 2.75) is 39.3 Å². The van der Waals surface area contributed by atoms with Crippen LogP contribution in [0.4, 0.5) is 4.39 Å². The number of hydrogen-bond donors (Lipinski definition) is 2. The molecule has 1 atom stereocenters. The number of ether oxygens (including phenoxy) is 2. The number of benzene rings is 3. The average Bonchev–Trinajstić information content (AvgIpc) is 3.37. The molecule has 3 aromatic carbocycles. The van der Waals surface area contributed by atoms with E-state index in [1.165, 1.54) is 23.9 Å². The molecule has 0 aliphatic rings. The van der Waals surface area contributed by atoms with Crippen LogP contribution in [0.2, 0.25) is 0 Å². The minimum atomic E-state index is -1.01. The van der Waals surface area contributed by atoms with Gasteiger partial charge in [-0.2, -0.15) is 5.10 Å². The number of carboxylic acids is 1. The summed E-state index contributed by atoms with van der Waals surface area (Å²) in [5.41, 5.74) is 2.36. The number of hydrogen-bond acceptors (Lipinski definition) is 5. The minimum absolute atomic E-state index is 0.0401. The monoisotopic (exact) mass is 545 g/mol. The number of carbonyl (C=O) groups excluding carboxylic acids is 1. The summed E-state index contributed by atoms with van der Waals surface area (Å²) in [6.07, 6.45) is 0.269. The van der Waals surface area contributed by atoms with Gasteiger partial charge in [-0.15, -0.1) is 0 Å². The Bertz CT molecular complexity index is 1470. The van der Waals surface area contributed by atoms with Crippen molar-refractivity contribution in [2.24, 2.45) is 5.92 Å². The number of nitrogens with one attached hydrogen (secondary N) is 1. The highest BCUT2D eigenvalue weighted by Crippen LogP contribution is 2.40. The summed E-state index contributed by atoms with van der Waals surface area (Å²) < 4.78 is 27.6. The fourth-order valence-corrected chi connectivity index (χ4v) is 4.50. The summed E-state index contributed by atoms with van der Waals surface area (Å²) in [5, 5.41) is 16.7. The lowest BCUT2D eigenvalue weighted by atomic mass is 10.0. The first-order chi connectivity index (χ1) is 19.2. The van der Waals surface area contributed by atoms with Crippen LogP contribution in [-0.4, -0.2) is 39.9 Å². The third-order valence-electron chi connectivity index (χ3n) is 6.21. The highest BCUT2D eigenvalue weighted by molar-refractivity contribution is 5.94. The number of methoxy groups -OCH3 is 1. The molecule has 0 spiro atoms. The molecule has 9 heteroatoms. The van der Waals surface area contributed by atoms with Crippen LogP contribution in [0, 0.1) is 11.7 Å². The van der Waals surface area contributed by atoms with Gasteiger partial charge in [-0.1, -0.05) is 56.3 Å². The van der Waals surface area contributed by atoms with Crippen LogP contribution in [0.3, 0.4) is 0 Å². The molecular weight excluding hydrogens is 513 g/mol. The first kappa shape index (κ1) is 28.4. The number of amides is 1. The molecule has 0 saturated carbocycles. The number of nitrogens with zero attached hydrogens (tertiary/aromatic N) is 2. The number of halogens is 1. The zero-order valence-electron chi connectivity index (χ0n) is 22.6. The van der Waals surface area contributed by atoms with Crippen LogP contribution in [0.15, 0.2) is 78.9 Å². The predicted octanol–water partition coefficient (Wildman–Crippen LogP) is 5.89. The van der Waals surface area contributed by atoms with E-state index in [0.717, 1.165) is 5.56 Å². The van der Waals surface area contributed by atoms with E-state index in [4.69, 9.17) is 9.47 Å². The van der Waals surface area contributed by atoms with E-state index in [1.807, 2.05) is 44.2 Å². The van der Waals surface area contributed by atoms with Gasteiger partial charge in [-0.3, -0.25) is 9.59 Å². The molecule has 0 aliphatic carbocycles. The maximum Gasteiger partial charge on any atom is 0.305 e. The Morgan fingerprint density at radius 2 is 1.73 bits per heavy atom. The van der Waals surface area contributed by atoms with Crippen LogP contribution < -0.4 is 14.8 Å². The van der Waals surface area contributed by atoms with E-state index in [2.05, 4.69) is 10.4 Å². The summed E-state index contributed by atoms with van der Waals surface area (Å²) in [4.78, 5) is 24.8. The zero-order valence-corrected chi connectivity index (χ0v) is 22.6. The van der Waals surface area contributed by atoms with Crippen molar-refractivity contribution in [1.82, 2.24) is 15.1 Å². The lowest BCUT2D eigenvalue weighted by Crippen LogP contribution is -2.37. The largest absolute Gasteiger partial charge is 0.496 e. The van der Waals surface area contributed by atoms with Crippen LogP contribution >= 0.6 is 0 Å². The maximum atomic E-state index is 14.3. The second kappa shape index (κ2) is 12.9. The smallest absolute Gasteiger partial charge is 0.305 e. The normalized spacial score (nSPS) is 11.7. The Kier molecular flexibility index (Phi) is 9.16. The van der Waals surface area contributed by atoms with Crippen LogP contribution in [0.5, 0.6) is 11.5 Å². The van der Waals surface area contributed by atoms with Crippen molar-refractivity contribution in [1.29, 1.82) is 0 Å². The quantitative estimate of drug-likeness (QED) is 0.230. The fourth-order valence-electron chi connectivity index (χ4n) is 4.50. The van der Waals surface area contributed by atoms with Gasteiger partial charge in [0.05, 0.1) is 30.5 Å². The standard InChI is InChI=1S/C31H32FN3O5/c1-20(2)15-23(17-29(36)37)33-31(38)25-18-26(35(34-25)24-12-7-11-22(32)16-24)30-27(39-3)13-8-14-28(30)40-19-21-9-5-4-6-10-21/h4-14,16,18,20,23H,15,17,19H2,1-3H3,(H,33,38)(H,36,37)/t23-/m0/s1. The summed E-state index contributed by atoms with van der Waals surface area (Å²) in [6, 6.07) is 21.9. The summed E-state index contributed by atoms with van der Waals surface area (Å²) in [5.74, 6) is -0.891. The Hall–Kier alpha value is -4.66. The molecule has 1 amide bonds. The van der Waals surface area contributed by atoms with Crippen molar-refractivity contribution in [3.63, 3.8) is 0 Å². The molecule has 0 bridgehead atoms. The molecule has 0 fully saturated rings. The first-order valence-corrected chi connectivity index (χ1v) is 13.0. The SMILES string of the molecule is COc1cccc(OCc2ccccc2)c1-c1cc(C(=O)N[C@H](CC(=O)O)CC(C)C)nn1-c1cccc(F)c1. The van der Waals surface area contributed by atoms with Crippen molar-refractivity contribution in [3.8, 4) is 28.4 Å². The third kappa shape index (κ3) is 7.05. The number of aromatic nitrogens is 2. The molecule has 2 N–H and O–H groups in total. The molecule has 4 aromatic rings. The molecule has 1 heterocycles. The van der Waals surface area contributed by atoms with E-state index in [1.54, 1.807) is 36.4 Å². The van der Waals surface area contributed by atoms with E-state index in [-0.39, 0.29) is 24.6 Å². The number of carbonyl (C=O) groups is 2. The Morgan fingerprint density at radius 3 is 2.40 bits per heavy atom. The van der Waals surface area contributed by atoms with Gasteiger partial charge < -0.3 is 19.9 Å². The van der Waals surface area contributed by atoms with Gasteiger partial charge in [0.1, 0.15) is 23.9 Å². The highest BCUT2D eigenvalue weighted by atomic mass is 19.1. The molecule has 1 aromatic heterocycles. The van der Waals surface area contributed by atoms with Gasteiger partial charge in [-0.25, -0.2) is 9.07 Å². The van der Waals surface area contributed by atoms with Gasteiger partial charge >= 0.3 is 5.97 Å². The lowest BCUT2D eigenvalue weighted by molar-refractivity contribution is -0.137. The molecular formula is C31H32FN3O5. The molecule has 0 saturated heterocycles. The predicted molar refractivity (Wildman–Crippen MR) is 149 cm³/mol. The van der Waals surface area contributed by atoms with Crippen molar-refractivity contribution in [2.75, 3.05) is 7.11 Å². The molecule has 208 valence electrons. The molecule has 8 nitrogen and oxygen atoms in total. The maximum absolute atomic E-state index is 14.3. The molecule has 4 rings (SSSR count). The fraction of sp³-hybridized carbons (Fsp3) is 0.258. The average molecular weight is 546 g/mol.